The van der Waals surface area contributed by atoms with E-state index in [9.17, 15) is 52.7 Å². The third-order valence-electron chi connectivity index (χ3n) is 9.52. The fourth-order valence-corrected chi connectivity index (χ4v) is 6.28. The van der Waals surface area contributed by atoms with Crippen molar-refractivity contribution in [2.24, 2.45) is 0 Å². The van der Waals surface area contributed by atoms with Gasteiger partial charge in [0.25, 0.3) is 0 Å². The molecule has 0 fully saturated rings. The number of hydrogen-bond acceptors (Lipinski definition) is 0. The summed E-state index contributed by atoms with van der Waals surface area (Å²) >= 11 is 0. The molecule has 0 aliphatic heterocycles. The molecular formula is C36H21BF20Ti. The van der Waals surface area contributed by atoms with Crippen LogP contribution in [0.25, 0.3) is 0 Å². The van der Waals surface area contributed by atoms with E-state index in [0.717, 1.165) is 0 Å². The molecule has 58 heavy (non-hydrogen) atoms. The minimum atomic E-state index is -7.22. The smallest absolute Gasteiger partial charge is 0.358 e. The van der Waals surface area contributed by atoms with Crippen LogP contribution in [-0.2, 0) is 21.7 Å². The van der Waals surface area contributed by atoms with E-state index in [1.54, 1.807) is 0 Å². The molecule has 312 valence electrons. The summed E-state index contributed by atoms with van der Waals surface area (Å²) in [5, 5.41) is 0. The van der Waals surface area contributed by atoms with Gasteiger partial charge in [0.1, 0.15) is 52.7 Å². The summed E-state index contributed by atoms with van der Waals surface area (Å²) in [5.74, 6) is -69.9. The third-order valence-corrected chi connectivity index (χ3v) is 9.52. The Kier molecular flexibility index (Phi) is 16.0. The van der Waals surface area contributed by atoms with Crippen LogP contribution in [0.4, 0.5) is 87.8 Å². The predicted octanol–water partition coefficient (Wildman–Crippen LogP) is 10.0. The Morgan fingerprint density at radius 3 is 0.448 bits per heavy atom. The minimum absolute atomic E-state index is 0. The van der Waals surface area contributed by atoms with E-state index in [2.05, 4.69) is 34.6 Å². The van der Waals surface area contributed by atoms with Crippen molar-refractivity contribution in [2.45, 2.75) is 34.6 Å². The van der Waals surface area contributed by atoms with Gasteiger partial charge in [0.2, 0.25) is 0 Å². The molecule has 0 nitrogen and oxygen atoms in total. The molecule has 0 saturated heterocycles. The third kappa shape index (κ3) is 7.23. The number of hydrogen-bond donors (Lipinski definition) is 0. The van der Waals surface area contributed by atoms with Gasteiger partial charge in [0.15, 0.2) is 69.8 Å². The number of allylic oxidation sites excluding steroid dienone is 4. The summed E-state index contributed by atoms with van der Waals surface area (Å²) in [6.45, 7) is 11.0. The predicted molar refractivity (Wildman–Crippen MR) is 168 cm³/mol. The minimum Gasteiger partial charge on any atom is -0.358 e. The number of rotatable bonds is 4. The van der Waals surface area contributed by atoms with Crippen molar-refractivity contribution in [3.63, 3.8) is 0 Å². The standard InChI is InChI=1S/C24BF20.C10H15.2CH3.Ti/c26-5-1(6(27)14(35)21(42)13(5)34)25(2-7(28)15(36)22(43)16(37)8(2)29,3-9(30)17(38)23(44)18(39)10(3)31)4-11(32)19(40)24(45)20(41)12(4)33;1-6-7(2)9(4)10(5)8(6)3;;;/h;1-5H3;2*1H3;/q-1;;2*-1;+3. The average molecular weight is 892 g/mol. The Hall–Kier alpha value is -4.26. The van der Waals surface area contributed by atoms with Crippen LogP contribution in [-0.4, -0.2) is 6.15 Å². The van der Waals surface area contributed by atoms with E-state index in [1.165, 1.54) is 28.2 Å². The van der Waals surface area contributed by atoms with Gasteiger partial charge in [0.05, 0.1) is 0 Å². The summed E-state index contributed by atoms with van der Waals surface area (Å²) in [7, 11) is 0. The number of halogens is 20. The van der Waals surface area contributed by atoms with Crippen molar-refractivity contribution < 1.29 is 110 Å². The Labute approximate surface area is 331 Å². The van der Waals surface area contributed by atoms with E-state index >= 15 is 35.1 Å². The monoisotopic (exact) mass is 892 g/mol. The fraction of sp³-hybridized carbons (Fsp3) is 0.139. The van der Waals surface area contributed by atoms with Crippen molar-refractivity contribution in [1.82, 2.24) is 0 Å². The first-order valence-corrected chi connectivity index (χ1v) is 14.7. The van der Waals surface area contributed by atoms with Crippen LogP contribution >= 0.6 is 0 Å². The molecule has 0 spiro atoms. The van der Waals surface area contributed by atoms with Crippen molar-refractivity contribution >= 4 is 28.0 Å². The molecule has 4 aromatic rings. The molecule has 1 aliphatic rings. The summed E-state index contributed by atoms with van der Waals surface area (Å²) in [6.07, 6.45) is -7.22. The first-order valence-electron chi connectivity index (χ1n) is 14.7. The van der Waals surface area contributed by atoms with Gasteiger partial charge >= 0.3 is 21.7 Å². The molecule has 0 unspecified atom stereocenters. The van der Waals surface area contributed by atoms with Gasteiger partial charge in [0, 0.05) is 5.92 Å². The molecule has 4 aromatic carbocycles. The zero-order valence-electron chi connectivity index (χ0n) is 30.1. The van der Waals surface area contributed by atoms with E-state index in [4.69, 9.17) is 0 Å². The van der Waals surface area contributed by atoms with E-state index in [0.29, 0.717) is 0 Å². The second-order valence-corrected chi connectivity index (χ2v) is 11.9. The molecule has 0 saturated carbocycles. The second kappa shape index (κ2) is 17.9. The maximum atomic E-state index is 15.4. The molecule has 2 radical (unpaired) electrons. The molecule has 0 heterocycles. The molecule has 0 aromatic heterocycles. The molecule has 22 heteroatoms. The normalized spacial score (nSPS) is 13.0. The number of benzene rings is 4. The van der Waals surface area contributed by atoms with Crippen molar-refractivity contribution in [2.75, 3.05) is 0 Å². The Balaban J connectivity index is 0.00000113. The first kappa shape index (κ1) is 51.8. The molecule has 0 amide bonds. The quantitative estimate of drug-likeness (QED) is 0.0630. The topological polar surface area (TPSA) is 0 Å². The van der Waals surface area contributed by atoms with Gasteiger partial charge in [-0.25, -0.2) is 87.8 Å². The Bertz CT molecular complexity index is 1980. The Morgan fingerprint density at radius 2 is 0.345 bits per heavy atom. The molecule has 0 atom stereocenters. The van der Waals surface area contributed by atoms with Crippen LogP contribution in [0.2, 0.25) is 0 Å². The van der Waals surface area contributed by atoms with Crippen LogP contribution in [0, 0.1) is 137 Å². The summed E-state index contributed by atoms with van der Waals surface area (Å²) < 4.78 is 294. The second-order valence-electron chi connectivity index (χ2n) is 11.9. The zero-order valence-corrected chi connectivity index (χ0v) is 31.7. The molecule has 0 bridgehead atoms. The SMILES string of the molecule is C[C]1C(C)=C(C)C(C)=C1C.Fc1c(F)c(F)c([B-](c2c(F)c(F)c(F)c(F)c2F)(c2c(F)c(F)c(F)c(F)c2F)c2c(F)c(F)c(F)c(F)c2F)c(F)c1F.[CH3-].[CH3-].[Ti+3]. The van der Waals surface area contributed by atoms with Crippen molar-refractivity contribution in [1.29, 1.82) is 0 Å². The van der Waals surface area contributed by atoms with Gasteiger partial charge < -0.3 is 14.9 Å². The summed E-state index contributed by atoms with van der Waals surface area (Å²) in [5.41, 5.74) is -8.46. The van der Waals surface area contributed by atoms with Crippen LogP contribution < -0.4 is 21.9 Å². The maximum absolute atomic E-state index is 15.4. The van der Waals surface area contributed by atoms with Gasteiger partial charge in [-0.05, 0) is 38.8 Å². The van der Waals surface area contributed by atoms with Gasteiger partial charge in [-0.1, -0.05) is 18.1 Å². The maximum Gasteiger partial charge on any atom is 3.00 e. The summed E-state index contributed by atoms with van der Waals surface area (Å²) in [6, 6.07) is 0. The van der Waals surface area contributed by atoms with Crippen molar-refractivity contribution in [3.8, 4) is 0 Å². The van der Waals surface area contributed by atoms with Crippen LogP contribution in [0.1, 0.15) is 34.6 Å². The van der Waals surface area contributed by atoms with Crippen molar-refractivity contribution in [3.05, 3.63) is 159 Å². The first-order chi connectivity index (χ1) is 25.3. The largest absolute Gasteiger partial charge is 3.00 e. The zero-order chi connectivity index (χ0) is 42.2. The average Bonchev–Trinajstić information content (AvgIpc) is 3.31. The fourth-order valence-electron chi connectivity index (χ4n) is 6.28. The van der Waals surface area contributed by atoms with Crippen LogP contribution in [0.15, 0.2) is 22.3 Å². The van der Waals surface area contributed by atoms with E-state index in [-0.39, 0.29) is 36.6 Å². The van der Waals surface area contributed by atoms with E-state index in [1.807, 2.05) is 0 Å². The molecule has 1 aliphatic carbocycles. The van der Waals surface area contributed by atoms with E-state index < -0.39 is 144 Å². The summed E-state index contributed by atoms with van der Waals surface area (Å²) in [4.78, 5) is 0. The Morgan fingerprint density at radius 1 is 0.224 bits per heavy atom. The molecule has 5 rings (SSSR count). The molecular weight excluding hydrogens is 871 g/mol. The van der Waals surface area contributed by atoms with Crippen LogP contribution in [0.3, 0.4) is 0 Å². The molecule has 0 N–H and O–H groups in total. The van der Waals surface area contributed by atoms with Gasteiger partial charge in [-0.2, -0.15) is 0 Å². The van der Waals surface area contributed by atoms with Crippen LogP contribution in [0.5, 0.6) is 0 Å². The van der Waals surface area contributed by atoms with Gasteiger partial charge in [-0.15, -0.1) is 21.9 Å². The van der Waals surface area contributed by atoms with Gasteiger partial charge in [-0.3, -0.25) is 0 Å².